The van der Waals surface area contributed by atoms with E-state index in [1.54, 1.807) is 32.5 Å². The molecular weight excluding hydrogens is 302 g/mol. The maximum absolute atomic E-state index is 12.0. The van der Waals surface area contributed by atoms with Gasteiger partial charge in [0.25, 0.3) is 0 Å². The summed E-state index contributed by atoms with van der Waals surface area (Å²) in [4.78, 5) is 24.0. The Bertz CT molecular complexity index is 388. The zero-order valence-corrected chi connectivity index (χ0v) is 15.3. The molecule has 0 spiro atoms. The minimum Gasteiger partial charge on any atom is -0.467 e. The van der Waals surface area contributed by atoms with Crippen LogP contribution in [0.25, 0.3) is 0 Å². The minimum absolute atomic E-state index is 0.480. The fourth-order valence-electron chi connectivity index (χ4n) is 1.71. The highest BCUT2D eigenvalue weighted by atomic mass is 32.2. The van der Waals surface area contributed by atoms with Crippen molar-refractivity contribution in [3.63, 3.8) is 0 Å². The van der Waals surface area contributed by atoms with E-state index in [0.717, 1.165) is 18.6 Å². The average Bonchev–Trinajstić information content (AvgIpc) is 2.38. The summed E-state index contributed by atoms with van der Waals surface area (Å²) in [5.74, 6) is 0.384. The lowest BCUT2D eigenvalue weighted by atomic mass is 10.0. The van der Waals surface area contributed by atoms with Gasteiger partial charge in [-0.3, -0.25) is 0 Å². The van der Waals surface area contributed by atoms with E-state index in [1.165, 1.54) is 7.11 Å². The predicted octanol–water partition coefficient (Wildman–Crippen LogP) is 3.53. The van der Waals surface area contributed by atoms with Crippen LogP contribution in [0.2, 0.25) is 0 Å². The van der Waals surface area contributed by atoms with Gasteiger partial charge in [-0.15, -0.1) is 6.58 Å². The Labute approximate surface area is 138 Å². The van der Waals surface area contributed by atoms with Gasteiger partial charge in [0.05, 0.1) is 7.11 Å². The monoisotopic (exact) mass is 331 g/mol. The predicted molar refractivity (Wildman–Crippen MR) is 91.1 cm³/mol. The molecule has 0 aliphatic carbocycles. The summed E-state index contributed by atoms with van der Waals surface area (Å²) < 4.78 is 9.53. The van der Waals surface area contributed by atoms with Crippen molar-refractivity contribution in [3.05, 3.63) is 12.7 Å². The molecule has 1 N–H and O–H groups in total. The maximum Gasteiger partial charge on any atom is 0.408 e. The Kier molecular flexibility index (Phi) is 8.60. The van der Waals surface area contributed by atoms with Gasteiger partial charge in [-0.25, -0.2) is 9.59 Å². The van der Waals surface area contributed by atoms with E-state index in [0.29, 0.717) is 0 Å². The van der Waals surface area contributed by atoms with E-state index in [9.17, 15) is 9.59 Å². The van der Waals surface area contributed by atoms with Gasteiger partial charge in [0.2, 0.25) is 0 Å². The number of hydrogen-bond donors (Lipinski definition) is 1. The van der Waals surface area contributed by atoms with Crippen LogP contribution in [0.1, 0.15) is 47.5 Å². The molecule has 0 rings (SSSR count). The summed E-state index contributed by atoms with van der Waals surface area (Å²) in [6.45, 7) is 12.8. The van der Waals surface area contributed by atoms with Gasteiger partial charge in [-0.1, -0.05) is 6.08 Å². The maximum atomic E-state index is 12.0. The number of alkyl carbamates (subject to hydrolysis) is 1. The van der Waals surface area contributed by atoms with Crippen molar-refractivity contribution in [1.29, 1.82) is 0 Å². The highest BCUT2D eigenvalue weighted by Gasteiger charge is 2.38. The number of carbonyl (C=O) groups excluding carboxylic acids is 2. The standard InChI is InChI=1S/C16H29NO4S/c1-8-9-10-11-22-16(5,6)12(13(18)20-7)17-14(19)21-15(2,3)4/h8,12H,1,9-11H2,2-7H3,(H,17,19)/t12-/m1/s1. The molecule has 1 amide bonds. The first-order valence-electron chi connectivity index (χ1n) is 7.35. The van der Waals surface area contributed by atoms with E-state index >= 15 is 0 Å². The van der Waals surface area contributed by atoms with Crippen LogP contribution >= 0.6 is 11.8 Å². The Morgan fingerprint density at radius 3 is 2.32 bits per heavy atom. The second kappa shape index (κ2) is 9.08. The minimum atomic E-state index is -0.777. The molecule has 0 aliphatic rings. The number of rotatable bonds is 8. The van der Waals surface area contributed by atoms with Crippen LogP contribution in [0, 0.1) is 0 Å². The number of unbranched alkanes of at least 4 members (excludes halogenated alkanes) is 1. The van der Waals surface area contributed by atoms with Crippen molar-refractivity contribution >= 4 is 23.8 Å². The van der Waals surface area contributed by atoms with Gasteiger partial charge in [0, 0.05) is 4.75 Å². The van der Waals surface area contributed by atoms with E-state index in [2.05, 4.69) is 11.9 Å². The third-order valence-electron chi connectivity index (χ3n) is 2.82. The Morgan fingerprint density at radius 2 is 1.86 bits per heavy atom. The summed E-state index contributed by atoms with van der Waals surface area (Å²) in [6, 6.07) is -0.777. The number of ether oxygens (including phenoxy) is 2. The SMILES string of the molecule is C=CCCCSC(C)(C)[C@H](NC(=O)OC(C)(C)C)C(=O)OC. The molecule has 128 valence electrons. The molecule has 0 aromatic heterocycles. The first kappa shape index (κ1) is 20.8. The van der Waals surface area contributed by atoms with Crippen molar-refractivity contribution in [3.8, 4) is 0 Å². The lowest BCUT2D eigenvalue weighted by Gasteiger charge is -2.33. The summed E-state index contributed by atoms with van der Waals surface area (Å²) in [5, 5.41) is 2.63. The molecule has 6 heteroatoms. The molecule has 0 radical (unpaired) electrons. The van der Waals surface area contributed by atoms with Crippen LogP contribution in [0.3, 0.4) is 0 Å². The fraction of sp³-hybridized carbons (Fsp3) is 0.750. The lowest BCUT2D eigenvalue weighted by molar-refractivity contribution is -0.143. The fourth-order valence-corrected chi connectivity index (χ4v) is 2.86. The Morgan fingerprint density at radius 1 is 1.27 bits per heavy atom. The molecule has 0 aromatic rings. The van der Waals surface area contributed by atoms with Crippen molar-refractivity contribution in [1.82, 2.24) is 5.32 Å². The molecule has 1 atom stereocenters. The number of amides is 1. The van der Waals surface area contributed by atoms with Gasteiger partial charge in [-0.05, 0) is 53.2 Å². The molecule has 0 saturated heterocycles. The number of allylic oxidation sites excluding steroid dienone is 1. The van der Waals surface area contributed by atoms with E-state index in [-0.39, 0.29) is 0 Å². The van der Waals surface area contributed by atoms with Crippen LogP contribution in [-0.2, 0) is 14.3 Å². The van der Waals surface area contributed by atoms with E-state index in [1.807, 2.05) is 19.9 Å². The molecule has 5 nitrogen and oxygen atoms in total. The number of carbonyl (C=O) groups is 2. The van der Waals surface area contributed by atoms with Gasteiger partial charge >= 0.3 is 12.1 Å². The number of hydrogen-bond acceptors (Lipinski definition) is 5. The quantitative estimate of drug-likeness (QED) is 0.419. The normalized spacial score (nSPS) is 13.2. The number of thioether (sulfide) groups is 1. The molecule has 0 fully saturated rings. The van der Waals surface area contributed by atoms with Crippen LogP contribution in [0.4, 0.5) is 4.79 Å². The molecule has 0 heterocycles. The molecule has 0 saturated carbocycles. The summed E-state index contributed by atoms with van der Waals surface area (Å²) in [6.07, 6.45) is 3.14. The van der Waals surface area contributed by atoms with E-state index < -0.39 is 28.5 Å². The highest BCUT2D eigenvalue weighted by molar-refractivity contribution is 8.00. The van der Waals surface area contributed by atoms with Crippen molar-refractivity contribution in [2.45, 2.75) is 63.9 Å². The van der Waals surface area contributed by atoms with Crippen molar-refractivity contribution in [2.24, 2.45) is 0 Å². The molecule has 0 aromatic carbocycles. The second-order valence-electron chi connectivity index (χ2n) is 6.49. The smallest absolute Gasteiger partial charge is 0.408 e. The van der Waals surface area contributed by atoms with Crippen LogP contribution in [-0.4, -0.2) is 41.3 Å². The van der Waals surface area contributed by atoms with E-state index in [4.69, 9.17) is 9.47 Å². The topological polar surface area (TPSA) is 64.6 Å². The summed E-state index contributed by atoms with van der Waals surface area (Å²) in [7, 11) is 1.31. The zero-order chi connectivity index (χ0) is 17.4. The Hall–Kier alpha value is -1.17. The number of esters is 1. The van der Waals surface area contributed by atoms with Gasteiger partial charge in [0.1, 0.15) is 11.6 Å². The van der Waals surface area contributed by atoms with Gasteiger partial charge in [0.15, 0.2) is 0 Å². The first-order chi connectivity index (χ1) is 10.0. The second-order valence-corrected chi connectivity index (χ2v) is 8.23. The zero-order valence-electron chi connectivity index (χ0n) is 14.5. The number of nitrogens with one attached hydrogen (secondary N) is 1. The van der Waals surface area contributed by atoms with Crippen LogP contribution < -0.4 is 5.32 Å². The van der Waals surface area contributed by atoms with Crippen molar-refractivity contribution < 1.29 is 19.1 Å². The molecule has 0 unspecified atom stereocenters. The lowest BCUT2D eigenvalue weighted by Crippen LogP contribution is -2.54. The molecule has 0 aliphatic heterocycles. The molecule has 22 heavy (non-hydrogen) atoms. The van der Waals surface area contributed by atoms with Gasteiger partial charge in [-0.2, -0.15) is 11.8 Å². The first-order valence-corrected chi connectivity index (χ1v) is 8.34. The van der Waals surface area contributed by atoms with Crippen LogP contribution in [0.15, 0.2) is 12.7 Å². The van der Waals surface area contributed by atoms with Crippen LogP contribution in [0.5, 0.6) is 0 Å². The van der Waals surface area contributed by atoms with Gasteiger partial charge < -0.3 is 14.8 Å². The largest absolute Gasteiger partial charge is 0.467 e. The average molecular weight is 331 g/mol. The third kappa shape index (κ3) is 8.32. The summed E-state index contributed by atoms with van der Waals surface area (Å²) >= 11 is 1.61. The highest BCUT2D eigenvalue weighted by Crippen LogP contribution is 2.30. The summed E-state index contributed by atoms with van der Waals surface area (Å²) in [5.41, 5.74) is -0.619. The molecule has 0 bridgehead atoms. The Balaban J connectivity index is 4.84. The van der Waals surface area contributed by atoms with Crippen molar-refractivity contribution in [2.75, 3.05) is 12.9 Å². The third-order valence-corrected chi connectivity index (χ3v) is 4.29. The number of methoxy groups -OCH3 is 1. The molecular formula is C16H29NO4S.